The molecule has 0 radical (unpaired) electrons. The minimum Gasteiger partial charge on any atom is -0.0987 e. The lowest BCUT2D eigenvalue weighted by Crippen LogP contribution is -2.12. The van der Waals surface area contributed by atoms with Gasteiger partial charge < -0.3 is 0 Å². The molecule has 0 fully saturated rings. The molecule has 0 saturated heterocycles. The standard InChI is InChI=1S/C33H38.C2H6/c1-10-27-28-21-17-25(18-22-31(28)33(8,9)30(27)12-3)14-13-24-15-19-26(20-16-24)23(4)29(11-2)32(5,6)7;1-2/h10-17,19-22H,1,3-4,18H2,2,5-9H3;1-2H3/b14-13+,29-11+;. The van der Waals surface area contributed by atoms with Crippen molar-refractivity contribution < 1.29 is 0 Å². The number of allylic oxidation sites excluding steroid dienone is 14. The Morgan fingerprint density at radius 1 is 0.943 bits per heavy atom. The molecule has 2 aliphatic rings. The van der Waals surface area contributed by atoms with Crippen LogP contribution in [0.3, 0.4) is 0 Å². The molecule has 2 aliphatic carbocycles. The van der Waals surface area contributed by atoms with Crippen LogP contribution in [0.1, 0.15) is 72.9 Å². The van der Waals surface area contributed by atoms with Gasteiger partial charge in [-0.05, 0) is 68.9 Å². The van der Waals surface area contributed by atoms with E-state index in [0.29, 0.717) is 0 Å². The average molecular weight is 465 g/mol. The number of rotatable bonds is 6. The number of fused-ring (bicyclic) bond motifs is 1. The van der Waals surface area contributed by atoms with Crippen molar-refractivity contribution in [3.63, 3.8) is 0 Å². The smallest absolute Gasteiger partial charge is 0.0155 e. The molecule has 0 N–H and O–H groups in total. The second kappa shape index (κ2) is 11.5. The zero-order valence-corrected chi connectivity index (χ0v) is 23.3. The SMILES string of the molecule is C=CC1=C(C=C)C(C)(C)C2=CCC(/C=C/c3ccc(C(=C)/C(=C\C)C(C)(C)C)cc3)=CC=C21.CC. The van der Waals surface area contributed by atoms with E-state index in [1.54, 1.807) is 0 Å². The lowest BCUT2D eigenvalue weighted by Gasteiger charge is -2.25. The highest BCUT2D eigenvalue weighted by Gasteiger charge is 2.37. The fourth-order valence-electron chi connectivity index (χ4n) is 5.05. The molecule has 0 amide bonds. The van der Waals surface area contributed by atoms with Gasteiger partial charge >= 0.3 is 0 Å². The summed E-state index contributed by atoms with van der Waals surface area (Å²) in [6.07, 6.45) is 18.3. The molecule has 35 heavy (non-hydrogen) atoms. The lowest BCUT2D eigenvalue weighted by atomic mass is 9.80. The normalized spacial score (nSPS) is 17.5. The Morgan fingerprint density at radius 2 is 1.57 bits per heavy atom. The van der Waals surface area contributed by atoms with Gasteiger partial charge in [-0.1, -0.05) is 141 Å². The number of hydrogen-bond acceptors (Lipinski definition) is 0. The average Bonchev–Trinajstić information content (AvgIpc) is 2.94. The summed E-state index contributed by atoms with van der Waals surface area (Å²) in [7, 11) is 0. The van der Waals surface area contributed by atoms with Gasteiger partial charge in [0.05, 0.1) is 0 Å². The highest BCUT2D eigenvalue weighted by molar-refractivity contribution is 5.79. The fourth-order valence-corrected chi connectivity index (χ4v) is 5.05. The first-order valence-corrected chi connectivity index (χ1v) is 12.8. The van der Waals surface area contributed by atoms with Gasteiger partial charge in [-0.3, -0.25) is 0 Å². The molecule has 3 rings (SSSR count). The van der Waals surface area contributed by atoms with Gasteiger partial charge in [0.25, 0.3) is 0 Å². The van der Waals surface area contributed by atoms with Crippen LogP contribution in [-0.4, -0.2) is 0 Å². The van der Waals surface area contributed by atoms with Crippen LogP contribution in [0.25, 0.3) is 11.6 Å². The summed E-state index contributed by atoms with van der Waals surface area (Å²) in [6.45, 7) is 29.8. The van der Waals surface area contributed by atoms with E-state index in [4.69, 9.17) is 0 Å². The maximum atomic E-state index is 4.36. The molecule has 1 aromatic carbocycles. The first-order chi connectivity index (χ1) is 16.5. The topological polar surface area (TPSA) is 0 Å². The maximum Gasteiger partial charge on any atom is 0.0155 e. The third-order valence-electron chi connectivity index (χ3n) is 6.80. The van der Waals surface area contributed by atoms with E-state index in [-0.39, 0.29) is 10.8 Å². The Balaban J connectivity index is 0.00000210. The van der Waals surface area contributed by atoms with E-state index in [1.165, 1.54) is 44.6 Å². The first-order valence-electron chi connectivity index (χ1n) is 12.8. The molecule has 0 heterocycles. The monoisotopic (exact) mass is 464 g/mol. The molecule has 184 valence electrons. The number of hydrogen-bond donors (Lipinski definition) is 0. The second-order valence-electron chi connectivity index (χ2n) is 10.4. The largest absolute Gasteiger partial charge is 0.0987 e. The molecule has 0 atom stereocenters. The Kier molecular flexibility index (Phi) is 9.27. The summed E-state index contributed by atoms with van der Waals surface area (Å²) in [5.41, 5.74) is 11.2. The van der Waals surface area contributed by atoms with Gasteiger partial charge in [-0.2, -0.15) is 0 Å². The van der Waals surface area contributed by atoms with Crippen molar-refractivity contribution in [1.29, 1.82) is 0 Å². The summed E-state index contributed by atoms with van der Waals surface area (Å²) in [5.74, 6) is 0. The van der Waals surface area contributed by atoms with Crippen molar-refractivity contribution in [1.82, 2.24) is 0 Å². The van der Waals surface area contributed by atoms with Crippen LogP contribution in [0.15, 0.2) is 120 Å². The molecule has 0 spiro atoms. The second-order valence-corrected chi connectivity index (χ2v) is 10.4. The van der Waals surface area contributed by atoms with Crippen LogP contribution in [0.5, 0.6) is 0 Å². The van der Waals surface area contributed by atoms with Gasteiger partial charge in [0.2, 0.25) is 0 Å². The summed E-state index contributed by atoms with van der Waals surface area (Å²) in [4.78, 5) is 0. The van der Waals surface area contributed by atoms with Crippen molar-refractivity contribution in [2.45, 2.75) is 61.8 Å². The van der Waals surface area contributed by atoms with Gasteiger partial charge in [0.1, 0.15) is 0 Å². The Hall–Kier alpha value is -3.12. The predicted octanol–water partition coefficient (Wildman–Crippen LogP) is 10.6. The van der Waals surface area contributed by atoms with Crippen LogP contribution in [0.2, 0.25) is 0 Å². The van der Waals surface area contributed by atoms with Crippen LogP contribution in [-0.2, 0) is 0 Å². The molecule has 1 aromatic rings. The number of benzene rings is 1. The summed E-state index contributed by atoms with van der Waals surface area (Å²) in [5, 5.41) is 0. The predicted molar refractivity (Wildman–Crippen MR) is 159 cm³/mol. The molecule has 0 unspecified atom stereocenters. The van der Waals surface area contributed by atoms with Crippen molar-refractivity contribution in [3.8, 4) is 0 Å². The van der Waals surface area contributed by atoms with Crippen molar-refractivity contribution >= 4 is 11.6 Å². The van der Waals surface area contributed by atoms with E-state index in [1.807, 2.05) is 26.0 Å². The third kappa shape index (κ3) is 5.93. The quantitative estimate of drug-likeness (QED) is 0.367. The highest BCUT2D eigenvalue weighted by atomic mass is 14.4. The zero-order chi connectivity index (χ0) is 26.4. The van der Waals surface area contributed by atoms with Crippen molar-refractivity contribution in [2.75, 3.05) is 0 Å². The molecule has 0 aromatic heterocycles. The Labute approximate surface area is 215 Å². The minimum absolute atomic E-state index is 0.0405. The van der Waals surface area contributed by atoms with Crippen LogP contribution >= 0.6 is 0 Å². The zero-order valence-electron chi connectivity index (χ0n) is 23.3. The van der Waals surface area contributed by atoms with Crippen LogP contribution < -0.4 is 0 Å². The van der Waals surface area contributed by atoms with E-state index in [0.717, 1.165) is 12.0 Å². The van der Waals surface area contributed by atoms with Gasteiger partial charge in [0.15, 0.2) is 0 Å². The molecule has 0 bridgehead atoms. The van der Waals surface area contributed by atoms with E-state index in [9.17, 15) is 0 Å². The van der Waals surface area contributed by atoms with Gasteiger partial charge in [0, 0.05) is 5.41 Å². The highest BCUT2D eigenvalue weighted by Crippen LogP contribution is 2.51. The van der Waals surface area contributed by atoms with E-state index < -0.39 is 0 Å². The Morgan fingerprint density at radius 3 is 2.09 bits per heavy atom. The van der Waals surface area contributed by atoms with Crippen molar-refractivity contribution in [2.24, 2.45) is 10.8 Å². The third-order valence-corrected chi connectivity index (χ3v) is 6.80. The van der Waals surface area contributed by atoms with Gasteiger partial charge in [-0.25, -0.2) is 0 Å². The van der Waals surface area contributed by atoms with Gasteiger partial charge in [-0.15, -0.1) is 0 Å². The molecular weight excluding hydrogens is 420 g/mol. The first kappa shape index (κ1) is 28.1. The van der Waals surface area contributed by atoms with E-state index in [2.05, 4.69) is 122 Å². The molecular formula is C35H44. The molecule has 0 saturated carbocycles. The van der Waals surface area contributed by atoms with Crippen LogP contribution in [0.4, 0.5) is 0 Å². The minimum atomic E-state index is -0.0405. The van der Waals surface area contributed by atoms with E-state index >= 15 is 0 Å². The Bertz CT molecular complexity index is 1150. The fraction of sp³-hybridized carbons (Fsp3) is 0.314. The lowest BCUT2D eigenvalue weighted by molar-refractivity contribution is 0.520. The van der Waals surface area contributed by atoms with Crippen LogP contribution in [0, 0.1) is 10.8 Å². The molecule has 0 aliphatic heterocycles. The van der Waals surface area contributed by atoms with Crippen molar-refractivity contribution in [3.05, 3.63) is 131 Å². The summed E-state index contributed by atoms with van der Waals surface area (Å²) in [6, 6.07) is 8.70. The summed E-state index contributed by atoms with van der Waals surface area (Å²) >= 11 is 0. The summed E-state index contributed by atoms with van der Waals surface area (Å²) < 4.78 is 0. The molecule has 0 nitrogen and oxygen atoms in total. The maximum absolute atomic E-state index is 4.36. The molecule has 0 heteroatoms.